The SMILES string of the molecule is O=C1c2ccc3c4c(F)cc5c6c(ccc(c7c(F)cc(c2c37)C(=O)N1c1ccccc1)c64)C(=O)N(c1ccccc1)C5=O. The van der Waals surface area contributed by atoms with Crippen LogP contribution in [0.3, 0.4) is 0 Å². The fourth-order valence-corrected chi connectivity index (χ4v) is 6.99. The van der Waals surface area contributed by atoms with Crippen LogP contribution in [0.4, 0.5) is 20.2 Å². The minimum atomic E-state index is -0.743. The predicted octanol–water partition coefficient (Wildman–Crippen LogP) is 7.62. The molecular weight excluding hydrogens is 562 g/mol. The highest BCUT2D eigenvalue weighted by molar-refractivity contribution is 6.45. The van der Waals surface area contributed by atoms with Gasteiger partial charge in [0, 0.05) is 43.4 Å². The molecule has 0 spiro atoms. The number of fused-ring (bicyclic) bond motifs is 2. The molecule has 0 saturated carbocycles. The van der Waals surface area contributed by atoms with Crippen molar-refractivity contribution in [3.05, 3.63) is 131 Å². The van der Waals surface area contributed by atoms with E-state index in [-0.39, 0.29) is 65.3 Å². The zero-order valence-corrected chi connectivity index (χ0v) is 22.5. The summed E-state index contributed by atoms with van der Waals surface area (Å²) in [5.41, 5.74) is 1.02. The van der Waals surface area contributed by atoms with E-state index in [0.29, 0.717) is 11.4 Å². The number of imide groups is 2. The summed E-state index contributed by atoms with van der Waals surface area (Å²) in [5, 5.41) is 1.65. The molecule has 2 aliphatic rings. The van der Waals surface area contributed by atoms with E-state index in [0.717, 1.165) is 21.9 Å². The molecule has 0 aliphatic carbocycles. The summed E-state index contributed by atoms with van der Waals surface area (Å²) in [4.78, 5) is 57.0. The normalized spacial score (nSPS) is 14.7. The molecule has 0 radical (unpaired) electrons. The van der Waals surface area contributed by atoms with Gasteiger partial charge in [0.2, 0.25) is 0 Å². The van der Waals surface area contributed by atoms with Gasteiger partial charge in [-0.1, -0.05) is 48.5 Å². The number of carbonyl (C=O) groups is 4. The van der Waals surface area contributed by atoms with Crippen LogP contribution in [-0.4, -0.2) is 23.6 Å². The molecule has 0 bridgehead atoms. The Morgan fingerprint density at radius 1 is 0.386 bits per heavy atom. The van der Waals surface area contributed by atoms with E-state index in [1.54, 1.807) is 72.8 Å². The second-order valence-corrected chi connectivity index (χ2v) is 10.9. The second kappa shape index (κ2) is 8.29. The number of para-hydroxylation sites is 2. The van der Waals surface area contributed by atoms with Crippen LogP contribution in [0.15, 0.2) is 97.1 Å². The summed E-state index contributed by atoms with van der Waals surface area (Å²) in [7, 11) is 0. The molecule has 8 heteroatoms. The van der Waals surface area contributed by atoms with Crippen LogP contribution in [0.25, 0.3) is 43.1 Å². The van der Waals surface area contributed by atoms with Crippen molar-refractivity contribution in [3.8, 4) is 0 Å². The number of hydrogen-bond acceptors (Lipinski definition) is 4. The maximum absolute atomic E-state index is 16.3. The third kappa shape index (κ3) is 2.86. The van der Waals surface area contributed by atoms with Crippen molar-refractivity contribution in [3.63, 3.8) is 0 Å². The summed E-state index contributed by atoms with van der Waals surface area (Å²) in [6.07, 6.45) is 0. The monoisotopic (exact) mass is 578 g/mol. The van der Waals surface area contributed by atoms with Crippen molar-refractivity contribution in [1.29, 1.82) is 0 Å². The summed E-state index contributed by atoms with van der Waals surface area (Å²) in [6.45, 7) is 0. The highest BCUT2D eigenvalue weighted by Gasteiger charge is 2.39. The first kappa shape index (κ1) is 24.6. The van der Waals surface area contributed by atoms with E-state index >= 15 is 8.78 Å². The van der Waals surface area contributed by atoms with Crippen molar-refractivity contribution < 1.29 is 28.0 Å². The minimum Gasteiger partial charge on any atom is -0.268 e. The van der Waals surface area contributed by atoms with Crippen LogP contribution in [0.1, 0.15) is 41.4 Å². The van der Waals surface area contributed by atoms with Gasteiger partial charge in [0.15, 0.2) is 0 Å². The molecule has 6 nitrogen and oxygen atoms in total. The lowest BCUT2D eigenvalue weighted by molar-refractivity contribution is 0.0877. The molecule has 0 atom stereocenters. The Morgan fingerprint density at radius 3 is 1.14 bits per heavy atom. The van der Waals surface area contributed by atoms with Gasteiger partial charge >= 0.3 is 0 Å². The summed E-state index contributed by atoms with van der Waals surface area (Å²) in [5.74, 6) is -4.02. The number of rotatable bonds is 2. The molecule has 0 unspecified atom stereocenters. The fourth-order valence-electron chi connectivity index (χ4n) is 6.99. The Hall–Kier alpha value is -6.02. The Labute approximate surface area is 246 Å². The minimum absolute atomic E-state index is 0.0140. The van der Waals surface area contributed by atoms with Gasteiger partial charge in [0.1, 0.15) is 11.6 Å². The smallest absolute Gasteiger partial charge is 0.266 e. The number of anilines is 2. The van der Waals surface area contributed by atoms with Crippen molar-refractivity contribution in [1.82, 2.24) is 0 Å². The van der Waals surface area contributed by atoms with Crippen LogP contribution in [0.5, 0.6) is 0 Å². The molecule has 4 amide bonds. The van der Waals surface area contributed by atoms with Gasteiger partial charge in [-0.3, -0.25) is 19.2 Å². The van der Waals surface area contributed by atoms with Crippen molar-refractivity contribution >= 4 is 78.1 Å². The third-order valence-corrected chi connectivity index (χ3v) is 8.77. The Morgan fingerprint density at radius 2 is 0.750 bits per heavy atom. The van der Waals surface area contributed by atoms with Crippen molar-refractivity contribution in [2.24, 2.45) is 0 Å². The molecule has 9 rings (SSSR count). The summed E-state index contributed by atoms with van der Waals surface area (Å²) < 4.78 is 32.6. The molecule has 7 aromatic carbocycles. The number of benzene rings is 7. The standard InChI is InChI=1S/C36H16F2N2O4/c37-25-15-23-27-21(33(41)39(35(23)43)17-7-3-1-4-8-17)13-11-19-30-26(38)16-24-28-22(14-12-20(32(28)30)29(25)31(19)27)34(42)40(36(24)44)18-9-5-2-6-10-18/h1-16H. The zero-order chi connectivity index (χ0) is 30.0. The molecule has 2 heterocycles. The van der Waals surface area contributed by atoms with Gasteiger partial charge in [-0.15, -0.1) is 0 Å². The number of nitrogens with zero attached hydrogens (tertiary/aromatic N) is 2. The molecule has 7 aromatic rings. The lowest BCUT2D eigenvalue weighted by Gasteiger charge is -2.30. The van der Waals surface area contributed by atoms with Crippen LogP contribution < -0.4 is 9.80 Å². The molecule has 44 heavy (non-hydrogen) atoms. The predicted molar refractivity (Wildman–Crippen MR) is 163 cm³/mol. The molecule has 0 fully saturated rings. The maximum Gasteiger partial charge on any atom is 0.266 e. The van der Waals surface area contributed by atoms with Gasteiger partial charge in [-0.25, -0.2) is 18.6 Å². The summed E-state index contributed by atoms with van der Waals surface area (Å²) in [6, 6.07) is 25.1. The van der Waals surface area contributed by atoms with Crippen molar-refractivity contribution in [2.45, 2.75) is 0 Å². The average molecular weight is 579 g/mol. The van der Waals surface area contributed by atoms with Crippen LogP contribution in [0, 0.1) is 11.6 Å². The summed E-state index contributed by atoms with van der Waals surface area (Å²) >= 11 is 0. The molecule has 208 valence electrons. The molecule has 0 aromatic heterocycles. The third-order valence-electron chi connectivity index (χ3n) is 8.77. The van der Waals surface area contributed by atoms with E-state index in [2.05, 4.69) is 0 Å². The molecule has 0 saturated heterocycles. The number of halogens is 2. The maximum atomic E-state index is 16.3. The van der Waals surface area contributed by atoms with Gasteiger partial charge in [-0.05, 0) is 59.3 Å². The van der Waals surface area contributed by atoms with Gasteiger partial charge in [-0.2, -0.15) is 0 Å². The van der Waals surface area contributed by atoms with E-state index < -0.39 is 35.3 Å². The van der Waals surface area contributed by atoms with Crippen molar-refractivity contribution in [2.75, 3.05) is 9.80 Å². The number of hydrogen-bond donors (Lipinski definition) is 0. The average Bonchev–Trinajstić information content (AvgIpc) is 3.04. The first-order valence-electron chi connectivity index (χ1n) is 13.8. The number of carbonyl (C=O) groups excluding carboxylic acids is 4. The zero-order valence-electron chi connectivity index (χ0n) is 22.5. The van der Waals surface area contributed by atoms with Crippen LogP contribution in [-0.2, 0) is 0 Å². The Bertz CT molecular complexity index is 2320. The second-order valence-electron chi connectivity index (χ2n) is 10.9. The Kier molecular flexibility index (Phi) is 4.63. The number of amides is 4. The van der Waals surface area contributed by atoms with E-state index in [1.807, 2.05) is 0 Å². The molecular formula is C36H16F2N2O4. The quantitative estimate of drug-likeness (QED) is 0.120. The van der Waals surface area contributed by atoms with Crippen LogP contribution in [0.2, 0.25) is 0 Å². The lowest BCUT2D eigenvalue weighted by atomic mass is 9.81. The van der Waals surface area contributed by atoms with Gasteiger partial charge in [0.25, 0.3) is 23.6 Å². The van der Waals surface area contributed by atoms with Gasteiger partial charge in [0.05, 0.1) is 22.5 Å². The lowest BCUT2D eigenvalue weighted by Crippen LogP contribution is -2.40. The first-order chi connectivity index (χ1) is 21.4. The highest BCUT2D eigenvalue weighted by Crippen LogP contribution is 2.48. The van der Waals surface area contributed by atoms with E-state index in [4.69, 9.17) is 0 Å². The fraction of sp³-hybridized carbons (Fsp3) is 0. The van der Waals surface area contributed by atoms with Gasteiger partial charge < -0.3 is 0 Å². The highest BCUT2D eigenvalue weighted by atomic mass is 19.1. The van der Waals surface area contributed by atoms with E-state index in [9.17, 15) is 19.2 Å². The van der Waals surface area contributed by atoms with E-state index in [1.165, 1.54) is 12.1 Å². The molecule has 0 N–H and O–H groups in total. The largest absolute Gasteiger partial charge is 0.268 e. The first-order valence-corrected chi connectivity index (χ1v) is 13.8. The topological polar surface area (TPSA) is 74.8 Å². The van der Waals surface area contributed by atoms with Crippen LogP contribution >= 0.6 is 0 Å². The molecule has 2 aliphatic heterocycles. The Balaban J connectivity index is 1.40.